The first-order valence-electron chi connectivity index (χ1n) is 6.22. The van der Waals surface area contributed by atoms with E-state index in [9.17, 15) is 18.4 Å². The van der Waals surface area contributed by atoms with Gasteiger partial charge in [0.1, 0.15) is 16.6 Å². The number of halogens is 2. The number of thiophene rings is 1. The third-order valence-corrected chi connectivity index (χ3v) is 4.53. The Balaban J connectivity index is 1.87. The van der Waals surface area contributed by atoms with Crippen LogP contribution in [0.25, 0.3) is 0 Å². The highest BCUT2D eigenvalue weighted by atomic mass is 32.2. The normalized spacial score (nSPS) is 10.5. The summed E-state index contributed by atoms with van der Waals surface area (Å²) in [6.07, 6.45) is 0.0940. The van der Waals surface area contributed by atoms with Crippen molar-refractivity contribution in [1.82, 2.24) is 0 Å². The number of carbonyl (C=O) groups excluding carboxylic acids is 2. The number of benzene rings is 1. The molecule has 0 fully saturated rings. The number of nitrogens with one attached hydrogen (secondary N) is 1. The quantitative estimate of drug-likeness (QED) is 0.792. The highest BCUT2D eigenvalue weighted by molar-refractivity contribution is 7.99. The van der Waals surface area contributed by atoms with Gasteiger partial charge in [-0.15, -0.1) is 23.1 Å². The van der Waals surface area contributed by atoms with Crippen molar-refractivity contribution >= 4 is 39.9 Å². The van der Waals surface area contributed by atoms with E-state index in [-0.39, 0.29) is 28.5 Å². The van der Waals surface area contributed by atoms with Crippen LogP contribution in [0.3, 0.4) is 0 Å². The van der Waals surface area contributed by atoms with Crippen molar-refractivity contribution in [2.45, 2.75) is 11.3 Å². The molecule has 22 heavy (non-hydrogen) atoms. The first-order chi connectivity index (χ1) is 10.5. The second kappa shape index (κ2) is 7.37. The molecule has 0 atom stereocenters. The molecule has 2 rings (SSSR count). The minimum absolute atomic E-state index is 0.0940. The maximum absolute atomic E-state index is 13.4. The van der Waals surface area contributed by atoms with Crippen LogP contribution in [-0.4, -0.2) is 17.6 Å². The van der Waals surface area contributed by atoms with Crippen molar-refractivity contribution in [1.29, 1.82) is 0 Å². The Morgan fingerprint density at radius 3 is 2.77 bits per heavy atom. The number of anilines is 1. The molecule has 0 saturated heterocycles. The molecular weight excluding hydrogens is 330 g/mol. The van der Waals surface area contributed by atoms with Crippen molar-refractivity contribution in [3.8, 4) is 0 Å². The fourth-order valence-electron chi connectivity index (χ4n) is 1.63. The van der Waals surface area contributed by atoms with Crippen molar-refractivity contribution in [2.24, 2.45) is 5.73 Å². The molecule has 116 valence electrons. The third kappa shape index (κ3) is 4.28. The van der Waals surface area contributed by atoms with Crippen LogP contribution in [-0.2, 0) is 4.79 Å². The number of thioether (sulfide) groups is 1. The van der Waals surface area contributed by atoms with Crippen LogP contribution >= 0.6 is 23.1 Å². The molecule has 2 amide bonds. The minimum Gasteiger partial charge on any atom is -0.366 e. The summed E-state index contributed by atoms with van der Waals surface area (Å²) in [5.74, 6) is -1.72. The topological polar surface area (TPSA) is 72.2 Å². The summed E-state index contributed by atoms with van der Waals surface area (Å²) >= 11 is 2.24. The van der Waals surface area contributed by atoms with Crippen LogP contribution in [0.15, 0.2) is 34.5 Å². The van der Waals surface area contributed by atoms with Crippen LogP contribution < -0.4 is 11.1 Å². The summed E-state index contributed by atoms with van der Waals surface area (Å²) in [6, 6.07) is 4.69. The predicted octanol–water partition coefficient (Wildman–Crippen LogP) is 3.25. The highest BCUT2D eigenvalue weighted by Crippen LogP contribution is 2.25. The van der Waals surface area contributed by atoms with Gasteiger partial charge in [0, 0.05) is 17.1 Å². The molecule has 0 bridgehead atoms. The van der Waals surface area contributed by atoms with Crippen LogP contribution in [0.1, 0.15) is 16.8 Å². The number of carbonyl (C=O) groups is 2. The maximum atomic E-state index is 13.4. The number of hydrogen-bond donors (Lipinski definition) is 2. The third-order valence-electron chi connectivity index (χ3n) is 2.66. The van der Waals surface area contributed by atoms with Gasteiger partial charge < -0.3 is 11.1 Å². The van der Waals surface area contributed by atoms with Gasteiger partial charge >= 0.3 is 0 Å². The molecule has 0 saturated carbocycles. The van der Waals surface area contributed by atoms with E-state index >= 15 is 0 Å². The summed E-state index contributed by atoms with van der Waals surface area (Å²) in [4.78, 5) is 23.1. The molecule has 0 aliphatic rings. The smallest absolute Gasteiger partial charge is 0.251 e. The molecule has 1 aromatic carbocycles. The lowest BCUT2D eigenvalue weighted by molar-refractivity contribution is -0.115. The monoisotopic (exact) mass is 342 g/mol. The number of rotatable bonds is 6. The van der Waals surface area contributed by atoms with Gasteiger partial charge in [0.2, 0.25) is 5.91 Å². The summed E-state index contributed by atoms with van der Waals surface area (Å²) in [7, 11) is 0. The second-order valence-electron chi connectivity index (χ2n) is 4.25. The fourth-order valence-corrected chi connectivity index (χ4v) is 3.35. The average Bonchev–Trinajstić information content (AvgIpc) is 2.91. The molecule has 0 aliphatic carbocycles. The summed E-state index contributed by atoms with van der Waals surface area (Å²) < 4.78 is 26.4. The van der Waals surface area contributed by atoms with Gasteiger partial charge in [0.25, 0.3) is 5.91 Å². The van der Waals surface area contributed by atoms with Gasteiger partial charge in [-0.25, -0.2) is 8.78 Å². The van der Waals surface area contributed by atoms with Gasteiger partial charge in [-0.2, -0.15) is 0 Å². The van der Waals surface area contributed by atoms with Crippen molar-refractivity contribution in [3.05, 3.63) is 46.8 Å². The lowest BCUT2D eigenvalue weighted by Gasteiger charge is -2.05. The molecule has 0 unspecified atom stereocenters. The van der Waals surface area contributed by atoms with Crippen molar-refractivity contribution in [3.63, 3.8) is 0 Å². The van der Waals surface area contributed by atoms with Gasteiger partial charge in [-0.05, 0) is 29.6 Å². The van der Waals surface area contributed by atoms with E-state index < -0.39 is 17.5 Å². The van der Waals surface area contributed by atoms with Crippen LogP contribution in [0.4, 0.5) is 13.8 Å². The molecule has 2 aromatic rings. The Labute approximate surface area is 133 Å². The van der Waals surface area contributed by atoms with Gasteiger partial charge in [-0.1, -0.05) is 0 Å². The van der Waals surface area contributed by atoms with Crippen molar-refractivity contribution in [2.75, 3.05) is 11.1 Å². The molecule has 1 aromatic heterocycles. The fraction of sp³-hybridized carbons (Fsp3) is 0.143. The summed E-state index contributed by atoms with van der Waals surface area (Å²) in [6.45, 7) is 0. The lowest BCUT2D eigenvalue weighted by Crippen LogP contribution is -2.16. The Morgan fingerprint density at radius 1 is 1.27 bits per heavy atom. The first-order valence-corrected chi connectivity index (χ1v) is 8.09. The van der Waals surface area contributed by atoms with Crippen LogP contribution in [0.2, 0.25) is 0 Å². The second-order valence-corrected chi connectivity index (χ2v) is 6.30. The first kappa shape index (κ1) is 16.4. The van der Waals surface area contributed by atoms with E-state index in [2.05, 4.69) is 5.32 Å². The molecule has 8 heteroatoms. The van der Waals surface area contributed by atoms with E-state index in [0.717, 1.165) is 30.0 Å². The van der Waals surface area contributed by atoms with E-state index in [0.29, 0.717) is 5.00 Å². The van der Waals surface area contributed by atoms with Crippen LogP contribution in [0.5, 0.6) is 0 Å². The molecule has 0 aliphatic heterocycles. The zero-order valence-electron chi connectivity index (χ0n) is 11.3. The highest BCUT2D eigenvalue weighted by Gasteiger charge is 2.13. The zero-order chi connectivity index (χ0) is 16.1. The summed E-state index contributed by atoms with van der Waals surface area (Å²) in [5.41, 5.74) is 5.43. The molecule has 4 nitrogen and oxygen atoms in total. The molecular formula is C14H12F2N2O2S2. The number of nitrogens with two attached hydrogens (primary N) is 1. The number of amides is 2. The predicted molar refractivity (Wildman–Crippen MR) is 83.2 cm³/mol. The Bertz CT molecular complexity index is 704. The standard InChI is InChI=1S/C14H12F2N2O2S2/c15-8-1-2-10(16)11(7-8)21-6-4-12(19)18-14-9(13(17)20)3-5-22-14/h1-3,5,7H,4,6H2,(H2,17,20)(H,18,19). The van der Waals surface area contributed by atoms with E-state index in [4.69, 9.17) is 5.73 Å². The average molecular weight is 342 g/mol. The lowest BCUT2D eigenvalue weighted by atomic mass is 10.3. The van der Waals surface area contributed by atoms with E-state index in [1.807, 2.05) is 0 Å². The van der Waals surface area contributed by atoms with Gasteiger partial charge in [0.15, 0.2) is 0 Å². The van der Waals surface area contributed by atoms with E-state index in [1.54, 1.807) is 5.38 Å². The minimum atomic E-state index is -0.618. The Kier molecular flexibility index (Phi) is 5.51. The maximum Gasteiger partial charge on any atom is 0.251 e. The van der Waals surface area contributed by atoms with Gasteiger partial charge in [-0.3, -0.25) is 9.59 Å². The molecule has 3 N–H and O–H groups in total. The molecule has 0 spiro atoms. The van der Waals surface area contributed by atoms with Crippen LogP contribution in [0, 0.1) is 11.6 Å². The molecule has 0 radical (unpaired) electrons. The Hall–Kier alpha value is -1.93. The van der Waals surface area contributed by atoms with Gasteiger partial charge in [0.05, 0.1) is 5.56 Å². The zero-order valence-corrected chi connectivity index (χ0v) is 12.9. The molecule has 1 heterocycles. The number of hydrogen-bond acceptors (Lipinski definition) is 4. The van der Waals surface area contributed by atoms with E-state index in [1.165, 1.54) is 17.4 Å². The number of primary amides is 1. The Morgan fingerprint density at radius 2 is 2.05 bits per heavy atom. The van der Waals surface area contributed by atoms with Crippen molar-refractivity contribution < 1.29 is 18.4 Å². The summed E-state index contributed by atoms with van der Waals surface area (Å²) in [5, 5.41) is 4.62. The SMILES string of the molecule is NC(=O)c1ccsc1NC(=O)CCSc1cc(F)ccc1F. The largest absolute Gasteiger partial charge is 0.366 e.